The van der Waals surface area contributed by atoms with Gasteiger partial charge in [0.25, 0.3) is 0 Å². The third-order valence-corrected chi connectivity index (χ3v) is 1.47. The van der Waals surface area contributed by atoms with E-state index >= 15 is 0 Å². The van der Waals surface area contributed by atoms with Crippen LogP contribution in [0, 0.1) is 0 Å². The standard InChI is InChI=1S/C3H4F3NS/c4-3(5,6)8-7-1-2-7/h1-2H2. The Bertz CT molecular complexity index is 87.0. The van der Waals surface area contributed by atoms with Gasteiger partial charge >= 0.3 is 5.51 Å². The van der Waals surface area contributed by atoms with Crippen LogP contribution in [0.25, 0.3) is 0 Å². The minimum Gasteiger partial charge on any atom is -0.241 e. The van der Waals surface area contributed by atoms with E-state index in [2.05, 4.69) is 0 Å². The van der Waals surface area contributed by atoms with Crippen molar-refractivity contribution >= 4 is 11.9 Å². The molecule has 0 atom stereocenters. The fourth-order valence-electron chi connectivity index (χ4n) is 0.278. The monoisotopic (exact) mass is 143 g/mol. The zero-order valence-electron chi connectivity index (χ0n) is 3.90. The largest absolute Gasteiger partial charge is 0.456 e. The minimum absolute atomic E-state index is 0.0440. The van der Waals surface area contributed by atoms with Crippen molar-refractivity contribution in [2.75, 3.05) is 13.1 Å². The summed E-state index contributed by atoms with van der Waals surface area (Å²) in [7, 11) is 0. The molecule has 1 nitrogen and oxygen atoms in total. The Balaban J connectivity index is 2.16. The molecule has 0 bridgehead atoms. The Morgan fingerprint density at radius 1 is 1.25 bits per heavy atom. The van der Waals surface area contributed by atoms with Gasteiger partial charge in [-0.25, -0.2) is 4.31 Å². The first-order valence-corrected chi connectivity index (χ1v) is 2.86. The quantitative estimate of drug-likeness (QED) is 0.404. The smallest absolute Gasteiger partial charge is 0.241 e. The van der Waals surface area contributed by atoms with Gasteiger partial charge in [-0.3, -0.25) is 0 Å². The molecule has 1 aliphatic heterocycles. The Kier molecular flexibility index (Phi) is 1.40. The van der Waals surface area contributed by atoms with Gasteiger partial charge in [-0.1, -0.05) is 0 Å². The number of nitrogens with zero attached hydrogens (tertiary/aromatic N) is 1. The summed E-state index contributed by atoms with van der Waals surface area (Å²) in [5.74, 6) is 0. The lowest BCUT2D eigenvalue weighted by Crippen LogP contribution is -2.03. The molecule has 5 heteroatoms. The molecule has 0 saturated carbocycles. The van der Waals surface area contributed by atoms with Gasteiger partial charge in [0.1, 0.15) is 0 Å². The maximum atomic E-state index is 11.3. The molecule has 1 rings (SSSR count). The molecule has 1 heterocycles. The first-order valence-electron chi connectivity index (χ1n) is 2.09. The molecule has 1 fully saturated rings. The van der Waals surface area contributed by atoms with E-state index in [9.17, 15) is 13.2 Å². The van der Waals surface area contributed by atoms with Crippen LogP contribution in [0.5, 0.6) is 0 Å². The molecular weight excluding hydrogens is 139 g/mol. The van der Waals surface area contributed by atoms with Crippen molar-refractivity contribution in [2.45, 2.75) is 5.51 Å². The van der Waals surface area contributed by atoms with Crippen molar-refractivity contribution in [3.05, 3.63) is 0 Å². The predicted octanol–water partition coefficient (Wildman–Crippen LogP) is 1.47. The molecule has 1 saturated heterocycles. The van der Waals surface area contributed by atoms with E-state index in [1.165, 1.54) is 4.31 Å². The number of hydrogen-bond acceptors (Lipinski definition) is 2. The molecule has 0 spiro atoms. The molecule has 48 valence electrons. The third-order valence-electron chi connectivity index (χ3n) is 0.639. The summed E-state index contributed by atoms with van der Waals surface area (Å²) in [6.45, 7) is 1.15. The Morgan fingerprint density at radius 2 is 1.75 bits per heavy atom. The molecule has 1 aliphatic rings. The normalized spacial score (nSPS) is 21.4. The van der Waals surface area contributed by atoms with Crippen LogP contribution in [0.3, 0.4) is 0 Å². The first kappa shape index (κ1) is 6.22. The highest BCUT2D eigenvalue weighted by molar-refractivity contribution is 7.98. The maximum absolute atomic E-state index is 11.3. The summed E-state index contributed by atoms with van der Waals surface area (Å²) in [6.07, 6.45) is 0. The number of alkyl halides is 3. The van der Waals surface area contributed by atoms with Crippen molar-refractivity contribution in [1.82, 2.24) is 4.31 Å². The zero-order valence-corrected chi connectivity index (χ0v) is 4.72. The van der Waals surface area contributed by atoms with E-state index in [0.29, 0.717) is 13.1 Å². The Hall–Kier alpha value is 0.1000. The molecule has 0 radical (unpaired) electrons. The summed E-state index contributed by atoms with van der Waals surface area (Å²) in [5.41, 5.74) is -4.07. The van der Waals surface area contributed by atoms with Crippen LogP contribution in [0.4, 0.5) is 13.2 Å². The van der Waals surface area contributed by atoms with Crippen LogP contribution in [-0.4, -0.2) is 22.9 Å². The van der Waals surface area contributed by atoms with E-state index in [1.54, 1.807) is 0 Å². The van der Waals surface area contributed by atoms with Gasteiger partial charge in [-0.05, 0) is 0 Å². The first-order chi connectivity index (χ1) is 3.58. The number of rotatable bonds is 1. The molecule has 0 N–H and O–H groups in total. The average molecular weight is 143 g/mol. The van der Waals surface area contributed by atoms with Crippen LogP contribution in [0.1, 0.15) is 0 Å². The highest BCUT2D eigenvalue weighted by Gasteiger charge is 2.36. The summed E-state index contributed by atoms with van der Waals surface area (Å²) in [6, 6.07) is 0. The second-order valence-corrected chi connectivity index (χ2v) is 2.63. The van der Waals surface area contributed by atoms with E-state index in [-0.39, 0.29) is 11.9 Å². The van der Waals surface area contributed by atoms with Gasteiger partial charge in [-0.2, -0.15) is 13.2 Å². The molecule has 0 amide bonds. The van der Waals surface area contributed by atoms with E-state index in [4.69, 9.17) is 0 Å². The van der Waals surface area contributed by atoms with Gasteiger partial charge in [0.15, 0.2) is 0 Å². The zero-order chi connectivity index (χ0) is 6.20. The van der Waals surface area contributed by atoms with Crippen LogP contribution < -0.4 is 0 Å². The van der Waals surface area contributed by atoms with Gasteiger partial charge in [0, 0.05) is 25.0 Å². The molecule has 0 aromatic heterocycles. The average Bonchev–Trinajstić information content (AvgIpc) is 2.12. The molecule has 0 aromatic rings. The van der Waals surface area contributed by atoms with Gasteiger partial charge in [-0.15, -0.1) is 0 Å². The van der Waals surface area contributed by atoms with Crippen molar-refractivity contribution in [3.63, 3.8) is 0 Å². The highest BCUT2D eigenvalue weighted by atomic mass is 32.2. The van der Waals surface area contributed by atoms with E-state index in [0.717, 1.165) is 0 Å². The van der Waals surface area contributed by atoms with E-state index in [1.807, 2.05) is 0 Å². The fraction of sp³-hybridized carbons (Fsp3) is 1.00. The lowest BCUT2D eigenvalue weighted by Gasteiger charge is -2.02. The second-order valence-electron chi connectivity index (χ2n) is 1.47. The number of halogens is 3. The van der Waals surface area contributed by atoms with Gasteiger partial charge in [0.05, 0.1) is 0 Å². The summed E-state index contributed by atoms with van der Waals surface area (Å²) in [5, 5.41) is 0. The van der Waals surface area contributed by atoms with Crippen LogP contribution in [-0.2, 0) is 0 Å². The third kappa shape index (κ3) is 2.42. The van der Waals surface area contributed by atoms with Crippen molar-refractivity contribution in [1.29, 1.82) is 0 Å². The maximum Gasteiger partial charge on any atom is 0.456 e. The summed E-state index contributed by atoms with van der Waals surface area (Å²) < 4.78 is 35.1. The van der Waals surface area contributed by atoms with Crippen LogP contribution in [0.2, 0.25) is 0 Å². The minimum atomic E-state index is -4.07. The topological polar surface area (TPSA) is 3.01 Å². The predicted molar refractivity (Wildman–Crippen MR) is 25.2 cm³/mol. The highest BCUT2D eigenvalue weighted by Crippen LogP contribution is 2.36. The lowest BCUT2D eigenvalue weighted by atomic mass is 11.0. The lowest BCUT2D eigenvalue weighted by molar-refractivity contribution is -0.0346. The molecule has 0 unspecified atom stereocenters. The fourth-order valence-corrected chi connectivity index (χ4v) is 0.835. The van der Waals surface area contributed by atoms with Crippen molar-refractivity contribution in [2.24, 2.45) is 0 Å². The van der Waals surface area contributed by atoms with Crippen molar-refractivity contribution in [3.8, 4) is 0 Å². The van der Waals surface area contributed by atoms with Gasteiger partial charge in [0.2, 0.25) is 0 Å². The summed E-state index contributed by atoms with van der Waals surface area (Å²) in [4.78, 5) is 0. The van der Waals surface area contributed by atoms with Crippen LogP contribution >= 0.6 is 11.9 Å². The summed E-state index contributed by atoms with van der Waals surface area (Å²) >= 11 is -0.0440. The van der Waals surface area contributed by atoms with E-state index < -0.39 is 5.51 Å². The number of hydrogen-bond donors (Lipinski definition) is 0. The van der Waals surface area contributed by atoms with Crippen LogP contribution in [0.15, 0.2) is 0 Å². The van der Waals surface area contributed by atoms with Gasteiger partial charge < -0.3 is 0 Å². The molecule has 8 heavy (non-hydrogen) atoms. The molecule has 0 aliphatic carbocycles. The molecule has 0 aromatic carbocycles. The van der Waals surface area contributed by atoms with Crippen molar-refractivity contribution < 1.29 is 13.2 Å². The Morgan fingerprint density at radius 3 is 1.88 bits per heavy atom. The second kappa shape index (κ2) is 1.80. The Labute approximate surface area is 49.0 Å². The molecular formula is C3H4F3NS. The SMILES string of the molecule is FC(F)(F)SN1CC1.